The molecule has 36 heavy (non-hydrogen) atoms. The minimum atomic E-state index is -0.284. The maximum atomic E-state index is 9.03. The molecule has 0 aromatic carbocycles. The van der Waals surface area contributed by atoms with Crippen LogP contribution in [0.2, 0.25) is 0 Å². The molecule has 0 spiro atoms. The first-order chi connectivity index (χ1) is 16.6. The van der Waals surface area contributed by atoms with Gasteiger partial charge in [-0.15, -0.1) is 0 Å². The molecule has 0 aliphatic heterocycles. The van der Waals surface area contributed by atoms with Gasteiger partial charge < -0.3 is 25.5 Å². The lowest BCUT2D eigenvalue weighted by atomic mass is 9.84. The minimum absolute atomic E-state index is 0.0711. The van der Waals surface area contributed by atoms with Gasteiger partial charge in [0, 0.05) is 24.5 Å². The Labute approximate surface area is 229 Å². The van der Waals surface area contributed by atoms with Crippen molar-refractivity contribution >= 4 is 0 Å². The highest BCUT2D eigenvalue weighted by Crippen LogP contribution is 2.24. The van der Waals surface area contributed by atoms with Crippen molar-refractivity contribution in [1.29, 1.82) is 0 Å². The van der Waals surface area contributed by atoms with Crippen LogP contribution < -0.4 is 0 Å². The van der Waals surface area contributed by atoms with Crippen LogP contribution in [-0.4, -0.2) is 58.1 Å². The van der Waals surface area contributed by atoms with Crippen LogP contribution in [0, 0.1) is 29.1 Å². The fraction of sp³-hybridized carbons (Fsp3) is 1.00. The van der Waals surface area contributed by atoms with E-state index in [9.17, 15) is 0 Å². The molecule has 0 fully saturated rings. The standard InChI is InChI=1S/C8H18O2.C7H16O2.C7H16O.3C3H8/c1-7(2)4-8(3,5-9)6-10;1-6(2)3-7(4-8)5-9;1-4-7(8)5-6(2)3;3*1-3-2/h7,9-10H,4-6H2,1-3H3;6-9H,3-5H2,1-2H3;6-8H,4-5H2,1-3H3;3*3H2,1-2H3. The van der Waals surface area contributed by atoms with Crippen LogP contribution >= 0.6 is 0 Å². The van der Waals surface area contributed by atoms with E-state index in [0.717, 1.165) is 25.7 Å². The van der Waals surface area contributed by atoms with Gasteiger partial charge in [0.05, 0.1) is 19.3 Å². The highest BCUT2D eigenvalue weighted by molar-refractivity contribution is 4.73. The molecule has 5 N–H and O–H groups in total. The van der Waals surface area contributed by atoms with Crippen molar-refractivity contribution in [3.63, 3.8) is 0 Å². The van der Waals surface area contributed by atoms with Gasteiger partial charge in [0.25, 0.3) is 0 Å². The molecular formula is C31H74O5. The Morgan fingerprint density at radius 3 is 0.944 bits per heavy atom. The van der Waals surface area contributed by atoms with Gasteiger partial charge in [0.2, 0.25) is 0 Å². The SMILES string of the molecule is CC(C)CC(C)(CO)CO.CC(C)CC(CO)CO.CCC.CCC.CCC.CCC(O)CC(C)C. The molecule has 0 amide bonds. The molecule has 228 valence electrons. The topological polar surface area (TPSA) is 101 Å². The second kappa shape index (κ2) is 39.3. The molecule has 0 aromatic rings. The number of aliphatic hydroxyl groups is 5. The highest BCUT2D eigenvalue weighted by Gasteiger charge is 2.23. The van der Waals surface area contributed by atoms with Crippen molar-refractivity contribution in [1.82, 2.24) is 0 Å². The summed E-state index contributed by atoms with van der Waals surface area (Å²) in [5.41, 5.74) is -0.284. The Morgan fingerprint density at radius 1 is 0.556 bits per heavy atom. The first kappa shape index (κ1) is 48.8. The van der Waals surface area contributed by atoms with E-state index < -0.39 is 0 Å². The molecule has 0 aliphatic rings. The van der Waals surface area contributed by atoms with Crippen LogP contribution in [0.5, 0.6) is 0 Å². The molecule has 0 radical (unpaired) electrons. The van der Waals surface area contributed by atoms with Gasteiger partial charge in [-0.25, -0.2) is 0 Å². The normalized spacial score (nSPS) is 11.1. The first-order valence-electron chi connectivity index (χ1n) is 14.8. The Morgan fingerprint density at radius 2 is 0.861 bits per heavy atom. The summed E-state index contributed by atoms with van der Waals surface area (Å²) in [6, 6.07) is 0. The molecule has 0 saturated heterocycles. The van der Waals surface area contributed by atoms with Crippen LogP contribution in [0.15, 0.2) is 0 Å². The summed E-state index contributed by atoms with van der Waals surface area (Å²) < 4.78 is 0. The molecular weight excluding hydrogens is 452 g/mol. The molecule has 0 saturated carbocycles. The quantitative estimate of drug-likeness (QED) is 0.190. The molecule has 5 heteroatoms. The van der Waals surface area contributed by atoms with Crippen molar-refractivity contribution < 1.29 is 25.5 Å². The van der Waals surface area contributed by atoms with Crippen molar-refractivity contribution in [2.24, 2.45) is 29.1 Å². The zero-order chi connectivity index (χ0) is 30.2. The van der Waals surface area contributed by atoms with E-state index in [1.165, 1.54) is 19.3 Å². The molecule has 0 rings (SSSR count). The van der Waals surface area contributed by atoms with Gasteiger partial charge in [-0.1, -0.05) is 116 Å². The third-order valence-corrected chi connectivity index (χ3v) is 4.20. The summed E-state index contributed by atoms with van der Waals surface area (Å²) in [5, 5.41) is 44.0. The average Bonchev–Trinajstić information content (AvgIpc) is 2.78. The fourth-order valence-electron chi connectivity index (χ4n) is 2.75. The fourth-order valence-corrected chi connectivity index (χ4v) is 2.75. The van der Waals surface area contributed by atoms with E-state index in [4.69, 9.17) is 25.5 Å². The van der Waals surface area contributed by atoms with Crippen LogP contribution in [0.3, 0.4) is 0 Å². The molecule has 0 aliphatic carbocycles. The Kier molecular flexibility index (Phi) is 53.3. The molecule has 1 atom stereocenters. The Hall–Kier alpha value is -0.200. The van der Waals surface area contributed by atoms with Crippen LogP contribution in [-0.2, 0) is 0 Å². The van der Waals surface area contributed by atoms with E-state index in [0.29, 0.717) is 17.8 Å². The van der Waals surface area contributed by atoms with Crippen molar-refractivity contribution in [3.8, 4) is 0 Å². The number of hydrogen-bond donors (Lipinski definition) is 5. The minimum Gasteiger partial charge on any atom is -0.396 e. The maximum absolute atomic E-state index is 9.03. The maximum Gasteiger partial charge on any atom is 0.0540 e. The third-order valence-electron chi connectivity index (χ3n) is 4.20. The monoisotopic (exact) mass is 527 g/mol. The van der Waals surface area contributed by atoms with Gasteiger partial charge in [-0.05, 0) is 43.4 Å². The predicted molar refractivity (Wildman–Crippen MR) is 162 cm³/mol. The highest BCUT2D eigenvalue weighted by atomic mass is 16.3. The number of aliphatic hydroxyl groups excluding tert-OH is 5. The van der Waals surface area contributed by atoms with Crippen LogP contribution in [0.4, 0.5) is 0 Å². The summed E-state index contributed by atoms with van der Waals surface area (Å²) in [4.78, 5) is 0. The number of rotatable bonds is 11. The lowest BCUT2D eigenvalue weighted by Gasteiger charge is -2.26. The lowest BCUT2D eigenvalue weighted by Crippen LogP contribution is -2.27. The largest absolute Gasteiger partial charge is 0.396 e. The van der Waals surface area contributed by atoms with E-state index in [1.807, 2.05) is 13.8 Å². The smallest absolute Gasteiger partial charge is 0.0540 e. The summed E-state index contributed by atoms with van der Waals surface area (Å²) in [6.45, 7) is 29.6. The molecule has 0 bridgehead atoms. The summed E-state index contributed by atoms with van der Waals surface area (Å²) >= 11 is 0. The molecule has 1 unspecified atom stereocenters. The van der Waals surface area contributed by atoms with Crippen molar-refractivity contribution in [2.45, 2.75) is 148 Å². The Bertz CT molecular complexity index is 320. The van der Waals surface area contributed by atoms with Gasteiger partial charge in [-0.2, -0.15) is 0 Å². The molecule has 0 aromatic heterocycles. The lowest BCUT2D eigenvalue weighted by molar-refractivity contribution is 0.0524. The van der Waals surface area contributed by atoms with Crippen molar-refractivity contribution in [2.75, 3.05) is 26.4 Å². The molecule has 0 heterocycles. The summed E-state index contributed by atoms with van der Waals surface area (Å²) in [5.74, 6) is 1.81. The van der Waals surface area contributed by atoms with E-state index in [-0.39, 0.29) is 43.9 Å². The Balaban J connectivity index is -0.0000000806. The third kappa shape index (κ3) is 59.1. The van der Waals surface area contributed by atoms with E-state index in [2.05, 4.69) is 83.1 Å². The van der Waals surface area contributed by atoms with Gasteiger partial charge in [-0.3, -0.25) is 0 Å². The van der Waals surface area contributed by atoms with Gasteiger partial charge >= 0.3 is 0 Å². The summed E-state index contributed by atoms with van der Waals surface area (Å²) in [6.07, 6.45) is 7.29. The predicted octanol–water partition coefficient (Wildman–Crippen LogP) is 7.71. The number of hydrogen-bond acceptors (Lipinski definition) is 5. The van der Waals surface area contributed by atoms with Gasteiger partial charge in [0.1, 0.15) is 0 Å². The zero-order valence-corrected chi connectivity index (χ0v) is 27.4. The average molecular weight is 527 g/mol. The van der Waals surface area contributed by atoms with Crippen LogP contribution in [0.1, 0.15) is 142 Å². The summed E-state index contributed by atoms with van der Waals surface area (Å²) in [7, 11) is 0. The second-order valence-corrected chi connectivity index (χ2v) is 11.4. The van der Waals surface area contributed by atoms with Gasteiger partial charge in [0.15, 0.2) is 0 Å². The second-order valence-electron chi connectivity index (χ2n) is 11.4. The van der Waals surface area contributed by atoms with E-state index >= 15 is 0 Å². The van der Waals surface area contributed by atoms with Crippen LogP contribution in [0.25, 0.3) is 0 Å². The van der Waals surface area contributed by atoms with E-state index in [1.54, 1.807) is 0 Å². The molecule has 5 nitrogen and oxygen atoms in total. The zero-order valence-electron chi connectivity index (χ0n) is 27.4. The van der Waals surface area contributed by atoms with Crippen molar-refractivity contribution in [3.05, 3.63) is 0 Å². The first-order valence-corrected chi connectivity index (χ1v) is 14.8.